The van der Waals surface area contributed by atoms with Crippen LogP contribution in [0.15, 0.2) is 30.3 Å². The first-order valence-corrected chi connectivity index (χ1v) is 8.59. The Morgan fingerprint density at radius 3 is 2.81 bits per heavy atom. The Bertz CT molecular complexity index is 926. The molecule has 0 spiro atoms. The van der Waals surface area contributed by atoms with Crippen LogP contribution in [0, 0.1) is 13.8 Å². The van der Waals surface area contributed by atoms with Crippen molar-refractivity contribution in [3.63, 3.8) is 0 Å². The first-order chi connectivity index (χ1) is 12.5. The maximum Gasteiger partial charge on any atom is 0.273 e. The lowest BCUT2D eigenvalue weighted by Gasteiger charge is -2.07. The highest BCUT2D eigenvalue weighted by Crippen LogP contribution is 2.25. The number of H-pyrrole nitrogens is 1. The molecule has 136 valence electrons. The molecule has 7 heteroatoms. The molecule has 0 saturated carbocycles. The van der Waals surface area contributed by atoms with Gasteiger partial charge in [0.15, 0.2) is 0 Å². The third kappa shape index (κ3) is 3.61. The minimum Gasteiger partial charge on any atom is -0.494 e. The van der Waals surface area contributed by atoms with E-state index in [-0.39, 0.29) is 5.91 Å². The van der Waals surface area contributed by atoms with E-state index in [1.54, 1.807) is 16.8 Å². The number of rotatable bonds is 6. The van der Waals surface area contributed by atoms with Gasteiger partial charge in [0.1, 0.15) is 11.4 Å². The van der Waals surface area contributed by atoms with Crippen LogP contribution in [0.1, 0.15) is 35.2 Å². The molecule has 26 heavy (non-hydrogen) atoms. The lowest BCUT2D eigenvalue weighted by Crippen LogP contribution is -2.12. The van der Waals surface area contributed by atoms with E-state index in [2.05, 4.69) is 20.6 Å². The van der Waals surface area contributed by atoms with Crippen LogP contribution in [0.25, 0.3) is 11.3 Å². The predicted octanol–water partition coefficient (Wildman–Crippen LogP) is 3.47. The molecule has 2 heterocycles. The number of aryl methyl sites for hydroxylation is 2. The number of benzene rings is 1. The molecule has 7 nitrogen and oxygen atoms in total. The van der Waals surface area contributed by atoms with Gasteiger partial charge < -0.3 is 10.1 Å². The van der Waals surface area contributed by atoms with E-state index >= 15 is 0 Å². The summed E-state index contributed by atoms with van der Waals surface area (Å²) in [4.78, 5) is 12.5. The SMILES string of the molecule is CCCOc1cccc(NC(=O)c2cc(-c3c(C)nn(C)c3C)n[nH]2)c1. The summed E-state index contributed by atoms with van der Waals surface area (Å²) < 4.78 is 7.40. The normalized spacial score (nSPS) is 10.8. The van der Waals surface area contributed by atoms with Crippen molar-refractivity contribution in [3.05, 3.63) is 47.4 Å². The number of nitrogens with one attached hydrogen (secondary N) is 2. The summed E-state index contributed by atoms with van der Waals surface area (Å²) in [7, 11) is 1.89. The third-order valence-corrected chi connectivity index (χ3v) is 4.15. The van der Waals surface area contributed by atoms with Gasteiger partial charge in [-0.05, 0) is 38.5 Å². The van der Waals surface area contributed by atoms with Gasteiger partial charge in [-0.2, -0.15) is 10.2 Å². The fraction of sp³-hybridized carbons (Fsp3) is 0.316. The summed E-state index contributed by atoms with van der Waals surface area (Å²) in [6.45, 7) is 6.60. The molecule has 0 aliphatic carbocycles. The number of anilines is 1. The van der Waals surface area contributed by atoms with E-state index in [1.165, 1.54) is 0 Å². The maximum atomic E-state index is 12.5. The van der Waals surface area contributed by atoms with Gasteiger partial charge in [-0.15, -0.1) is 0 Å². The number of aromatic amines is 1. The molecule has 0 bridgehead atoms. The zero-order valence-corrected chi connectivity index (χ0v) is 15.5. The summed E-state index contributed by atoms with van der Waals surface area (Å²) in [6.07, 6.45) is 0.931. The Morgan fingerprint density at radius 1 is 1.31 bits per heavy atom. The minimum atomic E-state index is -0.254. The molecule has 0 atom stereocenters. The first kappa shape index (κ1) is 17.7. The van der Waals surface area contributed by atoms with Gasteiger partial charge in [-0.25, -0.2) is 0 Å². The Labute approximate surface area is 152 Å². The number of ether oxygens (including phenoxy) is 1. The molecule has 2 aromatic heterocycles. The van der Waals surface area contributed by atoms with Crippen molar-refractivity contribution < 1.29 is 9.53 Å². The molecule has 3 aromatic rings. The van der Waals surface area contributed by atoms with E-state index in [0.717, 1.165) is 29.1 Å². The molecular formula is C19H23N5O2. The average molecular weight is 353 g/mol. The van der Waals surface area contributed by atoms with Crippen LogP contribution in [-0.4, -0.2) is 32.5 Å². The van der Waals surface area contributed by atoms with E-state index in [4.69, 9.17) is 4.74 Å². The predicted molar refractivity (Wildman–Crippen MR) is 100 cm³/mol. The van der Waals surface area contributed by atoms with Crippen molar-refractivity contribution in [2.45, 2.75) is 27.2 Å². The van der Waals surface area contributed by atoms with E-state index in [0.29, 0.717) is 23.7 Å². The molecule has 0 saturated heterocycles. The molecule has 0 fully saturated rings. The number of hydrogen-bond acceptors (Lipinski definition) is 4. The number of aromatic nitrogens is 4. The smallest absolute Gasteiger partial charge is 0.273 e. The van der Waals surface area contributed by atoms with Crippen molar-refractivity contribution in [1.82, 2.24) is 20.0 Å². The number of hydrogen-bond donors (Lipinski definition) is 2. The van der Waals surface area contributed by atoms with Gasteiger partial charge in [-0.3, -0.25) is 14.6 Å². The third-order valence-electron chi connectivity index (χ3n) is 4.15. The highest BCUT2D eigenvalue weighted by Gasteiger charge is 2.17. The quantitative estimate of drug-likeness (QED) is 0.711. The second-order valence-electron chi connectivity index (χ2n) is 6.17. The summed E-state index contributed by atoms with van der Waals surface area (Å²) >= 11 is 0. The highest BCUT2D eigenvalue weighted by molar-refractivity contribution is 6.03. The maximum absolute atomic E-state index is 12.5. The van der Waals surface area contributed by atoms with Crippen LogP contribution in [-0.2, 0) is 7.05 Å². The average Bonchev–Trinajstić information content (AvgIpc) is 3.18. The molecular weight excluding hydrogens is 330 g/mol. The van der Waals surface area contributed by atoms with Gasteiger partial charge in [-0.1, -0.05) is 13.0 Å². The molecule has 1 amide bonds. The van der Waals surface area contributed by atoms with Crippen LogP contribution in [0.4, 0.5) is 5.69 Å². The first-order valence-electron chi connectivity index (χ1n) is 8.59. The summed E-state index contributed by atoms with van der Waals surface area (Å²) in [5, 5.41) is 14.3. The molecule has 0 aliphatic rings. The van der Waals surface area contributed by atoms with Crippen LogP contribution < -0.4 is 10.1 Å². The monoisotopic (exact) mass is 353 g/mol. The van der Waals surface area contributed by atoms with E-state index in [9.17, 15) is 4.79 Å². The number of amides is 1. The zero-order valence-electron chi connectivity index (χ0n) is 15.5. The van der Waals surface area contributed by atoms with Crippen molar-refractivity contribution in [2.75, 3.05) is 11.9 Å². The van der Waals surface area contributed by atoms with Crippen LogP contribution in [0.5, 0.6) is 5.75 Å². The van der Waals surface area contributed by atoms with Crippen molar-refractivity contribution >= 4 is 11.6 Å². The fourth-order valence-corrected chi connectivity index (χ4v) is 2.79. The lowest BCUT2D eigenvalue weighted by molar-refractivity contribution is 0.102. The van der Waals surface area contributed by atoms with Crippen molar-refractivity contribution in [3.8, 4) is 17.0 Å². The number of carbonyl (C=O) groups is 1. The zero-order chi connectivity index (χ0) is 18.7. The standard InChI is InChI=1S/C19H23N5O2/c1-5-9-26-15-8-6-7-14(10-15)20-19(25)17-11-16(21-22-17)18-12(2)23-24(4)13(18)3/h6-8,10-11H,5,9H2,1-4H3,(H,20,25)(H,21,22). The van der Waals surface area contributed by atoms with Gasteiger partial charge in [0.05, 0.1) is 18.0 Å². The Morgan fingerprint density at radius 2 is 2.12 bits per heavy atom. The molecule has 3 rings (SSSR count). The van der Waals surface area contributed by atoms with E-state index in [1.807, 2.05) is 46.0 Å². The van der Waals surface area contributed by atoms with Crippen molar-refractivity contribution in [1.29, 1.82) is 0 Å². The van der Waals surface area contributed by atoms with Crippen LogP contribution in [0.2, 0.25) is 0 Å². The van der Waals surface area contributed by atoms with Gasteiger partial charge in [0, 0.05) is 30.1 Å². The molecule has 0 aliphatic heterocycles. The summed E-state index contributed by atoms with van der Waals surface area (Å²) in [5.41, 5.74) is 4.60. The highest BCUT2D eigenvalue weighted by atomic mass is 16.5. The topological polar surface area (TPSA) is 84.8 Å². The summed E-state index contributed by atoms with van der Waals surface area (Å²) in [5.74, 6) is 0.479. The van der Waals surface area contributed by atoms with E-state index < -0.39 is 0 Å². The van der Waals surface area contributed by atoms with Crippen LogP contribution >= 0.6 is 0 Å². The largest absolute Gasteiger partial charge is 0.494 e. The van der Waals surface area contributed by atoms with Gasteiger partial charge in [0.2, 0.25) is 0 Å². The molecule has 2 N–H and O–H groups in total. The van der Waals surface area contributed by atoms with Gasteiger partial charge >= 0.3 is 0 Å². The lowest BCUT2D eigenvalue weighted by atomic mass is 10.1. The fourth-order valence-electron chi connectivity index (χ4n) is 2.79. The Balaban J connectivity index is 1.76. The van der Waals surface area contributed by atoms with Gasteiger partial charge in [0.25, 0.3) is 5.91 Å². The summed E-state index contributed by atoms with van der Waals surface area (Å²) in [6, 6.07) is 9.09. The Kier molecular flexibility index (Phi) is 5.06. The van der Waals surface area contributed by atoms with Crippen LogP contribution in [0.3, 0.4) is 0 Å². The second kappa shape index (κ2) is 7.43. The number of carbonyl (C=O) groups excluding carboxylic acids is 1. The molecule has 0 unspecified atom stereocenters. The molecule has 0 radical (unpaired) electrons. The minimum absolute atomic E-state index is 0.254. The molecule has 1 aromatic carbocycles. The number of nitrogens with zero attached hydrogens (tertiary/aromatic N) is 3. The Hall–Kier alpha value is -3.09. The van der Waals surface area contributed by atoms with Crippen molar-refractivity contribution in [2.24, 2.45) is 7.05 Å². The second-order valence-corrected chi connectivity index (χ2v) is 6.17.